The Bertz CT molecular complexity index is 772. The van der Waals surface area contributed by atoms with Gasteiger partial charge >= 0.3 is 0 Å². The molecule has 0 aliphatic rings. The molecule has 0 fully saturated rings. The molecule has 1 N–H and O–H groups in total. The number of benzene rings is 2. The molecule has 6 heteroatoms. The molecule has 0 bridgehead atoms. The molecule has 0 spiro atoms. The fourth-order valence-corrected chi connectivity index (χ4v) is 2.24. The van der Waals surface area contributed by atoms with Crippen LogP contribution in [0.5, 0.6) is 17.2 Å². The largest absolute Gasteiger partial charge is 0.493 e. The fourth-order valence-electron chi connectivity index (χ4n) is 2.24. The number of carbonyl (C=O) groups is 1. The number of amides is 1. The van der Waals surface area contributed by atoms with Gasteiger partial charge in [-0.25, -0.2) is 5.43 Å². The van der Waals surface area contributed by atoms with Crippen LogP contribution in [-0.4, -0.2) is 32.9 Å². The molecule has 0 unspecified atom stereocenters. The summed E-state index contributed by atoms with van der Waals surface area (Å²) in [6.45, 7) is 3.83. The summed E-state index contributed by atoms with van der Waals surface area (Å²) in [6.07, 6.45) is 1.50. The molecule has 0 saturated heterocycles. The highest BCUT2D eigenvalue weighted by atomic mass is 16.5. The van der Waals surface area contributed by atoms with Gasteiger partial charge in [-0.15, -0.1) is 0 Å². The summed E-state index contributed by atoms with van der Waals surface area (Å²) in [5.74, 6) is 1.48. The number of carbonyl (C=O) groups excluding carboxylic acids is 1. The van der Waals surface area contributed by atoms with Gasteiger partial charge in [0.15, 0.2) is 18.1 Å². The van der Waals surface area contributed by atoms with Gasteiger partial charge in [0.05, 0.1) is 20.4 Å². The minimum absolute atomic E-state index is 0.114. The van der Waals surface area contributed by atoms with Crippen LogP contribution in [0.3, 0.4) is 0 Å². The van der Waals surface area contributed by atoms with Gasteiger partial charge in [0, 0.05) is 5.56 Å². The van der Waals surface area contributed by atoms with Crippen molar-refractivity contribution in [1.82, 2.24) is 5.43 Å². The number of aryl methyl sites for hydroxylation is 1. The molecule has 0 heterocycles. The van der Waals surface area contributed by atoms with Gasteiger partial charge in [-0.3, -0.25) is 4.79 Å². The Morgan fingerprint density at radius 3 is 2.52 bits per heavy atom. The maximum Gasteiger partial charge on any atom is 0.277 e. The summed E-state index contributed by atoms with van der Waals surface area (Å²) < 4.78 is 16.1. The van der Waals surface area contributed by atoms with E-state index >= 15 is 0 Å². The Morgan fingerprint density at radius 2 is 1.80 bits per heavy atom. The van der Waals surface area contributed by atoms with Crippen LogP contribution in [0.2, 0.25) is 0 Å². The van der Waals surface area contributed by atoms with Gasteiger partial charge in [0.1, 0.15) is 5.75 Å². The van der Waals surface area contributed by atoms with Crippen molar-refractivity contribution < 1.29 is 19.0 Å². The smallest absolute Gasteiger partial charge is 0.277 e. The number of hydrogen-bond acceptors (Lipinski definition) is 5. The summed E-state index contributed by atoms with van der Waals surface area (Å²) in [4.78, 5) is 11.9. The van der Waals surface area contributed by atoms with E-state index in [2.05, 4.69) is 10.5 Å². The molecule has 2 rings (SSSR count). The van der Waals surface area contributed by atoms with Gasteiger partial charge in [-0.2, -0.15) is 5.10 Å². The molecule has 132 valence electrons. The first-order valence-electron chi connectivity index (χ1n) is 7.78. The first-order chi connectivity index (χ1) is 12.1. The molecule has 1 amide bonds. The van der Waals surface area contributed by atoms with Gasteiger partial charge in [-0.05, 0) is 43.2 Å². The van der Waals surface area contributed by atoms with Crippen LogP contribution >= 0.6 is 0 Å². The molecule has 0 aromatic heterocycles. The number of nitrogens with zero attached hydrogens (tertiary/aromatic N) is 1. The van der Waals surface area contributed by atoms with Crippen LogP contribution in [-0.2, 0) is 4.79 Å². The minimum Gasteiger partial charge on any atom is -0.493 e. The molecule has 2 aromatic carbocycles. The standard InChI is InChI=1S/C19H22N2O4/c1-13-7-5-9-16(14(13)2)25-12-18(22)21-20-11-15-8-6-10-17(23-3)19(15)24-4/h5-11H,12H2,1-4H3,(H,21,22)/b20-11+. The Labute approximate surface area is 147 Å². The second-order valence-electron chi connectivity index (χ2n) is 5.36. The fraction of sp³-hybridized carbons (Fsp3) is 0.263. The number of hydrazone groups is 1. The Hall–Kier alpha value is -3.02. The van der Waals surface area contributed by atoms with E-state index in [1.807, 2.05) is 44.2 Å². The van der Waals surface area contributed by atoms with Crippen molar-refractivity contribution >= 4 is 12.1 Å². The highest BCUT2D eigenvalue weighted by Gasteiger charge is 2.08. The zero-order chi connectivity index (χ0) is 18.2. The predicted molar refractivity (Wildman–Crippen MR) is 96.7 cm³/mol. The third-order valence-corrected chi connectivity index (χ3v) is 3.74. The minimum atomic E-state index is -0.348. The lowest BCUT2D eigenvalue weighted by Crippen LogP contribution is -2.24. The van der Waals surface area contributed by atoms with E-state index in [1.54, 1.807) is 20.3 Å². The molecule has 0 radical (unpaired) electrons. The maximum absolute atomic E-state index is 11.9. The van der Waals surface area contributed by atoms with Gasteiger partial charge in [0.2, 0.25) is 0 Å². The number of rotatable bonds is 7. The highest BCUT2D eigenvalue weighted by Crippen LogP contribution is 2.29. The number of para-hydroxylation sites is 1. The monoisotopic (exact) mass is 342 g/mol. The van der Waals surface area contributed by atoms with Crippen molar-refractivity contribution in [2.75, 3.05) is 20.8 Å². The molecule has 0 saturated carbocycles. The first kappa shape index (κ1) is 18.3. The molecule has 25 heavy (non-hydrogen) atoms. The van der Waals surface area contributed by atoms with Crippen molar-refractivity contribution in [2.24, 2.45) is 5.10 Å². The Balaban J connectivity index is 1.94. The lowest BCUT2D eigenvalue weighted by Gasteiger charge is -2.10. The van der Waals surface area contributed by atoms with Crippen LogP contribution in [0.4, 0.5) is 0 Å². The molecular formula is C19H22N2O4. The lowest BCUT2D eigenvalue weighted by molar-refractivity contribution is -0.123. The third-order valence-electron chi connectivity index (χ3n) is 3.74. The summed E-state index contributed by atoms with van der Waals surface area (Å²) in [7, 11) is 3.11. The number of ether oxygens (including phenoxy) is 3. The Morgan fingerprint density at radius 1 is 1.08 bits per heavy atom. The quantitative estimate of drug-likeness (QED) is 0.620. The lowest BCUT2D eigenvalue weighted by atomic mass is 10.1. The number of nitrogens with one attached hydrogen (secondary N) is 1. The van der Waals surface area contributed by atoms with Gasteiger partial charge in [-0.1, -0.05) is 18.2 Å². The van der Waals surface area contributed by atoms with E-state index < -0.39 is 0 Å². The van der Waals surface area contributed by atoms with E-state index in [1.165, 1.54) is 6.21 Å². The van der Waals surface area contributed by atoms with E-state index in [4.69, 9.17) is 14.2 Å². The van der Waals surface area contributed by atoms with E-state index in [9.17, 15) is 4.79 Å². The highest BCUT2D eigenvalue weighted by molar-refractivity contribution is 5.86. The molecule has 0 aliphatic carbocycles. The van der Waals surface area contributed by atoms with Crippen LogP contribution < -0.4 is 19.6 Å². The third kappa shape index (κ3) is 4.73. The summed E-state index contributed by atoms with van der Waals surface area (Å²) in [5, 5.41) is 3.94. The van der Waals surface area contributed by atoms with E-state index in [-0.39, 0.29) is 12.5 Å². The maximum atomic E-state index is 11.9. The molecular weight excluding hydrogens is 320 g/mol. The van der Waals surface area contributed by atoms with Crippen LogP contribution in [0, 0.1) is 13.8 Å². The number of methoxy groups -OCH3 is 2. The van der Waals surface area contributed by atoms with Crippen molar-refractivity contribution in [2.45, 2.75) is 13.8 Å². The summed E-state index contributed by atoms with van der Waals surface area (Å²) in [5.41, 5.74) is 5.25. The summed E-state index contributed by atoms with van der Waals surface area (Å²) in [6, 6.07) is 11.1. The number of hydrogen-bond donors (Lipinski definition) is 1. The van der Waals surface area contributed by atoms with Crippen molar-refractivity contribution in [3.8, 4) is 17.2 Å². The zero-order valence-corrected chi connectivity index (χ0v) is 14.8. The van der Waals surface area contributed by atoms with Gasteiger partial charge < -0.3 is 14.2 Å². The molecule has 2 aromatic rings. The second kappa shape index (κ2) is 8.73. The Kier molecular flexibility index (Phi) is 6.39. The first-order valence-corrected chi connectivity index (χ1v) is 7.78. The zero-order valence-electron chi connectivity index (χ0n) is 14.8. The van der Waals surface area contributed by atoms with Crippen LogP contribution in [0.25, 0.3) is 0 Å². The van der Waals surface area contributed by atoms with Crippen LogP contribution in [0.15, 0.2) is 41.5 Å². The van der Waals surface area contributed by atoms with Crippen molar-refractivity contribution in [3.05, 3.63) is 53.1 Å². The van der Waals surface area contributed by atoms with Gasteiger partial charge in [0.25, 0.3) is 5.91 Å². The van der Waals surface area contributed by atoms with E-state index in [0.717, 1.165) is 11.1 Å². The second-order valence-corrected chi connectivity index (χ2v) is 5.36. The SMILES string of the molecule is COc1cccc(/C=N/NC(=O)COc2cccc(C)c2C)c1OC. The average molecular weight is 342 g/mol. The van der Waals surface area contributed by atoms with Crippen molar-refractivity contribution in [3.63, 3.8) is 0 Å². The topological polar surface area (TPSA) is 69.2 Å². The molecule has 0 aliphatic heterocycles. The molecule has 0 atom stereocenters. The predicted octanol–water partition coefficient (Wildman–Crippen LogP) is 2.85. The molecule has 6 nitrogen and oxygen atoms in total. The van der Waals surface area contributed by atoms with E-state index in [0.29, 0.717) is 22.8 Å². The average Bonchev–Trinajstić information content (AvgIpc) is 2.62. The van der Waals surface area contributed by atoms with Crippen molar-refractivity contribution in [1.29, 1.82) is 0 Å². The normalized spacial score (nSPS) is 10.6. The van der Waals surface area contributed by atoms with Crippen LogP contribution in [0.1, 0.15) is 16.7 Å². The summed E-state index contributed by atoms with van der Waals surface area (Å²) >= 11 is 0.